The molecule has 1 amide bonds. The second-order valence-electron chi connectivity index (χ2n) is 7.96. The SMILES string of the molecule is COc1cccc(-c2cn3c(C(=O)N4CCN(c5cccc(C(F)(F)F)c5)CC4)csc3n2)c1. The van der Waals surface area contributed by atoms with E-state index in [0.29, 0.717) is 42.5 Å². The molecule has 3 heterocycles. The highest BCUT2D eigenvalue weighted by molar-refractivity contribution is 7.15. The number of anilines is 1. The first-order valence-corrected chi connectivity index (χ1v) is 11.5. The van der Waals surface area contributed by atoms with Crippen molar-refractivity contribution in [1.82, 2.24) is 14.3 Å². The normalized spacial score (nSPS) is 14.6. The fourth-order valence-electron chi connectivity index (χ4n) is 4.07. The van der Waals surface area contributed by atoms with Gasteiger partial charge in [0.1, 0.15) is 11.4 Å². The number of amides is 1. The van der Waals surface area contributed by atoms with Crippen LogP contribution in [-0.2, 0) is 6.18 Å². The van der Waals surface area contributed by atoms with Crippen LogP contribution in [0.5, 0.6) is 5.75 Å². The second-order valence-corrected chi connectivity index (χ2v) is 8.80. The zero-order chi connectivity index (χ0) is 23.9. The predicted octanol–water partition coefficient (Wildman–Crippen LogP) is 5.05. The van der Waals surface area contributed by atoms with Crippen LogP contribution in [0.3, 0.4) is 0 Å². The zero-order valence-corrected chi connectivity index (χ0v) is 19.1. The fraction of sp³-hybridized carbons (Fsp3) is 0.250. The number of benzene rings is 2. The number of ether oxygens (including phenoxy) is 1. The van der Waals surface area contributed by atoms with Gasteiger partial charge in [-0.15, -0.1) is 11.3 Å². The van der Waals surface area contributed by atoms with Crippen molar-refractivity contribution in [1.29, 1.82) is 0 Å². The molecule has 1 aliphatic heterocycles. The van der Waals surface area contributed by atoms with Gasteiger partial charge in [0.2, 0.25) is 0 Å². The largest absolute Gasteiger partial charge is 0.497 e. The topological polar surface area (TPSA) is 50.1 Å². The third-order valence-electron chi connectivity index (χ3n) is 5.90. The maximum absolute atomic E-state index is 13.2. The Morgan fingerprint density at radius 2 is 1.82 bits per heavy atom. The van der Waals surface area contributed by atoms with Crippen molar-refractivity contribution in [3.05, 3.63) is 71.4 Å². The molecule has 2 aromatic carbocycles. The first-order chi connectivity index (χ1) is 16.3. The molecule has 0 aliphatic carbocycles. The summed E-state index contributed by atoms with van der Waals surface area (Å²) in [6.45, 7) is 1.76. The van der Waals surface area contributed by atoms with Gasteiger partial charge in [-0.05, 0) is 30.3 Å². The van der Waals surface area contributed by atoms with Crippen LogP contribution in [0.15, 0.2) is 60.1 Å². The van der Waals surface area contributed by atoms with Crippen LogP contribution in [0, 0.1) is 0 Å². The van der Waals surface area contributed by atoms with E-state index in [1.807, 2.05) is 35.4 Å². The molecule has 1 fully saturated rings. The lowest BCUT2D eigenvalue weighted by Crippen LogP contribution is -2.49. The average molecular weight is 487 g/mol. The first-order valence-electron chi connectivity index (χ1n) is 10.7. The quantitative estimate of drug-likeness (QED) is 0.405. The number of nitrogens with zero attached hydrogens (tertiary/aromatic N) is 4. The van der Waals surface area contributed by atoms with Gasteiger partial charge in [0.25, 0.3) is 5.91 Å². The molecule has 5 rings (SSSR count). The second kappa shape index (κ2) is 8.68. The summed E-state index contributed by atoms with van der Waals surface area (Å²) >= 11 is 1.39. The van der Waals surface area contributed by atoms with Crippen molar-refractivity contribution in [2.45, 2.75) is 6.18 Å². The number of carbonyl (C=O) groups excluding carboxylic acids is 1. The number of aromatic nitrogens is 2. The van der Waals surface area contributed by atoms with Gasteiger partial charge in [0.15, 0.2) is 4.96 Å². The molecule has 10 heteroatoms. The number of alkyl halides is 3. The zero-order valence-electron chi connectivity index (χ0n) is 18.2. The molecule has 1 saturated heterocycles. The van der Waals surface area contributed by atoms with Crippen molar-refractivity contribution in [2.75, 3.05) is 38.2 Å². The monoisotopic (exact) mass is 486 g/mol. The van der Waals surface area contributed by atoms with Crippen LogP contribution in [0.4, 0.5) is 18.9 Å². The number of fused-ring (bicyclic) bond motifs is 1. The highest BCUT2D eigenvalue weighted by atomic mass is 32.1. The van der Waals surface area contributed by atoms with Crippen molar-refractivity contribution < 1.29 is 22.7 Å². The Morgan fingerprint density at radius 3 is 2.56 bits per heavy atom. The van der Waals surface area contributed by atoms with E-state index in [1.54, 1.807) is 27.9 Å². The maximum atomic E-state index is 13.2. The highest BCUT2D eigenvalue weighted by Gasteiger charge is 2.31. The number of imidazole rings is 1. The van der Waals surface area contributed by atoms with Crippen LogP contribution in [0.1, 0.15) is 16.1 Å². The minimum absolute atomic E-state index is 0.121. The van der Waals surface area contributed by atoms with Crippen molar-refractivity contribution >= 4 is 27.9 Å². The first kappa shape index (κ1) is 22.3. The van der Waals surface area contributed by atoms with Crippen LogP contribution < -0.4 is 9.64 Å². The predicted molar refractivity (Wildman–Crippen MR) is 125 cm³/mol. The molecule has 0 radical (unpaired) electrons. The van der Waals surface area contributed by atoms with E-state index < -0.39 is 11.7 Å². The summed E-state index contributed by atoms with van der Waals surface area (Å²) in [4.78, 5) is 22.2. The number of hydrogen-bond donors (Lipinski definition) is 0. The Morgan fingerprint density at radius 1 is 1.06 bits per heavy atom. The summed E-state index contributed by atoms with van der Waals surface area (Å²) in [7, 11) is 1.61. The number of rotatable bonds is 4. The lowest BCUT2D eigenvalue weighted by Gasteiger charge is -2.36. The molecule has 176 valence electrons. The van der Waals surface area contributed by atoms with E-state index in [2.05, 4.69) is 4.98 Å². The third-order valence-corrected chi connectivity index (χ3v) is 6.74. The molecule has 0 spiro atoms. The minimum Gasteiger partial charge on any atom is -0.497 e. The maximum Gasteiger partial charge on any atom is 0.416 e. The molecule has 6 nitrogen and oxygen atoms in total. The summed E-state index contributed by atoms with van der Waals surface area (Å²) in [5, 5.41) is 1.79. The van der Waals surface area contributed by atoms with Crippen molar-refractivity contribution in [3.8, 4) is 17.0 Å². The smallest absolute Gasteiger partial charge is 0.416 e. The van der Waals surface area contributed by atoms with E-state index >= 15 is 0 Å². The van der Waals surface area contributed by atoms with Gasteiger partial charge < -0.3 is 14.5 Å². The molecule has 0 bridgehead atoms. The number of halogens is 3. The molecule has 0 unspecified atom stereocenters. The van der Waals surface area contributed by atoms with Crippen molar-refractivity contribution in [3.63, 3.8) is 0 Å². The van der Waals surface area contributed by atoms with Gasteiger partial charge in [-0.3, -0.25) is 9.20 Å². The lowest BCUT2D eigenvalue weighted by atomic mass is 10.1. The van der Waals surface area contributed by atoms with Gasteiger partial charge in [-0.2, -0.15) is 13.2 Å². The summed E-state index contributed by atoms with van der Waals surface area (Å²) in [5.41, 5.74) is 2.00. The van der Waals surface area contributed by atoms with Crippen LogP contribution in [0.2, 0.25) is 0 Å². The van der Waals surface area contributed by atoms with E-state index in [4.69, 9.17) is 4.74 Å². The van der Waals surface area contributed by atoms with Crippen molar-refractivity contribution in [2.24, 2.45) is 0 Å². The Kier molecular flexibility index (Phi) is 5.68. The molecule has 0 saturated carbocycles. The highest BCUT2D eigenvalue weighted by Crippen LogP contribution is 2.32. The minimum atomic E-state index is -4.38. The molecule has 0 N–H and O–H groups in total. The standard InChI is InChI=1S/C24H21F3N4O2S/c1-33-19-7-2-4-16(12-19)20-14-31-21(15-34-23(31)28-20)22(32)30-10-8-29(9-11-30)18-6-3-5-17(13-18)24(25,26)27/h2-7,12-15H,8-11H2,1H3. The molecular formula is C24H21F3N4O2S. The Labute approximate surface area is 197 Å². The molecule has 1 aliphatic rings. The summed E-state index contributed by atoms with van der Waals surface area (Å²) in [5.74, 6) is 0.605. The van der Waals surface area contributed by atoms with Crippen LogP contribution in [-0.4, -0.2) is 53.5 Å². The van der Waals surface area contributed by atoms with Gasteiger partial charge in [-0.25, -0.2) is 4.98 Å². The molecule has 2 aromatic heterocycles. The number of methoxy groups -OCH3 is 1. The van der Waals surface area contributed by atoms with Gasteiger partial charge in [-0.1, -0.05) is 18.2 Å². The molecule has 4 aromatic rings. The average Bonchev–Trinajstić information content (AvgIpc) is 3.44. The van der Waals surface area contributed by atoms with Gasteiger partial charge >= 0.3 is 6.18 Å². The number of piperazine rings is 1. The molecular weight excluding hydrogens is 465 g/mol. The number of hydrogen-bond acceptors (Lipinski definition) is 5. The van der Waals surface area contributed by atoms with Crippen LogP contribution >= 0.6 is 11.3 Å². The molecule has 34 heavy (non-hydrogen) atoms. The summed E-state index contributed by atoms with van der Waals surface area (Å²) in [6.07, 6.45) is -2.54. The van der Waals surface area contributed by atoms with E-state index in [0.717, 1.165) is 29.1 Å². The van der Waals surface area contributed by atoms with Gasteiger partial charge in [0, 0.05) is 49.0 Å². The number of thiazole rings is 1. The van der Waals surface area contributed by atoms with Crippen LogP contribution in [0.25, 0.3) is 16.2 Å². The third kappa shape index (κ3) is 4.21. The van der Waals surface area contributed by atoms with Gasteiger partial charge in [0.05, 0.1) is 18.4 Å². The Bertz CT molecular complexity index is 1340. The van der Waals surface area contributed by atoms with E-state index in [9.17, 15) is 18.0 Å². The number of carbonyl (C=O) groups is 1. The summed E-state index contributed by atoms with van der Waals surface area (Å²) in [6, 6.07) is 12.9. The Balaban J connectivity index is 1.31. The lowest BCUT2D eigenvalue weighted by molar-refractivity contribution is -0.137. The van der Waals surface area contributed by atoms with E-state index in [-0.39, 0.29) is 5.91 Å². The molecule has 0 atom stereocenters. The fourth-order valence-corrected chi connectivity index (χ4v) is 4.91. The van der Waals surface area contributed by atoms with E-state index in [1.165, 1.54) is 17.4 Å². The Hall–Kier alpha value is -3.53. The summed E-state index contributed by atoms with van der Waals surface area (Å²) < 4.78 is 46.2.